The van der Waals surface area contributed by atoms with Crippen molar-refractivity contribution in [2.75, 3.05) is 12.4 Å². The van der Waals surface area contributed by atoms with Crippen molar-refractivity contribution in [1.82, 2.24) is 5.32 Å². The van der Waals surface area contributed by atoms with E-state index in [1.54, 1.807) is 43.5 Å². The summed E-state index contributed by atoms with van der Waals surface area (Å²) in [5, 5.41) is 27.5. The number of rotatable bonds is 11. The number of phenolic OH excluding ortho intramolecular Hbond substituents is 1. The molecule has 0 aromatic heterocycles. The number of phenols is 1. The van der Waals surface area contributed by atoms with Gasteiger partial charge in [-0.25, -0.2) is 0 Å². The number of methoxy groups -OCH3 is 1. The summed E-state index contributed by atoms with van der Waals surface area (Å²) in [4.78, 5) is 13.4. The molecule has 1 amide bonds. The predicted octanol–water partition coefficient (Wildman–Crippen LogP) is 8.02. The van der Waals surface area contributed by atoms with Crippen LogP contribution in [0, 0.1) is 12.8 Å². The average molecular weight is 551 g/mol. The van der Waals surface area contributed by atoms with Crippen molar-refractivity contribution in [1.29, 1.82) is 0 Å². The average Bonchev–Trinajstić information content (AvgIpc) is 2.98. The zero-order chi connectivity index (χ0) is 29.5. The Morgan fingerprint density at radius 1 is 1.05 bits per heavy atom. The smallest absolute Gasteiger partial charge is 0.251 e. The van der Waals surface area contributed by atoms with E-state index in [2.05, 4.69) is 42.9 Å². The first kappa shape index (κ1) is 29.3. The number of aliphatic hydroxyl groups excluding tert-OH is 1. The molecule has 1 aliphatic carbocycles. The summed E-state index contributed by atoms with van der Waals surface area (Å²) in [5.41, 5.74) is 5.22. The minimum Gasteiger partial charge on any atom is -0.508 e. The highest BCUT2D eigenvalue weighted by Gasteiger charge is 2.23. The zero-order valence-corrected chi connectivity index (χ0v) is 23.9. The number of allylic oxidation sites excluding steroid dienone is 3. The van der Waals surface area contributed by atoms with E-state index in [-0.39, 0.29) is 29.4 Å². The number of aliphatic hydroxyl groups is 1. The van der Waals surface area contributed by atoms with Crippen LogP contribution in [-0.4, -0.2) is 29.3 Å². The van der Waals surface area contributed by atoms with E-state index in [0.29, 0.717) is 33.5 Å². The molecule has 0 fully saturated rings. The number of hydrogen-bond donors (Lipinski definition) is 4. The molecule has 0 radical (unpaired) electrons. The maximum absolute atomic E-state index is 13.4. The van der Waals surface area contributed by atoms with Crippen molar-refractivity contribution in [3.8, 4) is 22.6 Å². The second-order valence-electron chi connectivity index (χ2n) is 10.3. The van der Waals surface area contributed by atoms with Gasteiger partial charge in [0.15, 0.2) is 0 Å². The molecular formula is C35H38N2O4. The summed E-state index contributed by atoms with van der Waals surface area (Å²) in [7, 11) is 1.62. The summed E-state index contributed by atoms with van der Waals surface area (Å²) >= 11 is 0. The minimum atomic E-state index is -0.201. The highest BCUT2D eigenvalue weighted by atomic mass is 16.5. The number of carbonyl (C=O) groups excluding carboxylic acids is 1. The summed E-state index contributed by atoms with van der Waals surface area (Å²) in [6.45, 7) is 12.1. The maximum Gasteiger partial charge on any atom is 0.251 e. The van der Waals surface area contributed by atoms with Crippen LogP contribution < -0.4 is 15.4 Å². The molecule has 3 aromatic rings. The fourth-order valence-electron chi connectivity index (χ4n) is 5.16. The molecule has 212 valence electrons. The van der Waals surface area contributed by atoms with E-state index in [1.165, 1.54) is 0 Å². The zero-order valence-electron chi connectivity index (χ0n) is 23.9. The van der Waals surface area contributed by atoms with Gasteiger partial charge < -0.3 is 25.6 Å². The first-order chi connectivity index (χ1) is 19.7. The van der Waals surface area contributed by atoms with Gasteiger partial charge in [-0.05, 0) is 78.9 Å². The largest absolute Gasteiger partial charge is 0.508 e. The first-order valence-electron chi connectivity index (χ1n) is 13.8. The van der Waals surface area contributed by atoms with Crippen LogP contribution >= 0.6 is 0 Å². The minimum absolute atomic E-state index is 0.00802. The number of aryl methyl sites for hydroxylation is 1. The molecule has 2 unspecified atom stereocenters. The van der Waals surface area contributed by atoms with E-state index in [9.17, 15) is 15.0 Å². The highest BCUT2D eigenvalue weighted by molar-refractivity contribution is 5.97. The summed E-state index contributed by atoms with van der Waals surface area (Å²) in [5.74, 6) is 0.700. The number of anilines is 1. The Labute approximate surface area is 242 Å². The standard InChI is InChI=1S/C35H38N2O4/c1-6-10-34(25-11-8-7-9-12-25)37-35(40)26-13-16-30(32(20-26)24(4)38)29-17-14-27(39)21-31(29)23(3)36-33-18-15-28(41-5)19-22(33)2/h7-9,11,13-21,25,34,36,38-39H,3-4,6,10,12H2,1-2,5H3,(H,37,40). The normalized spacial score (nSPS) is 14.8. The molecule has 4 N–H and O–H groups in total. The molecule has 4 rings (SSSR count). The summed E-state index contributed by atoms with van der Waals surface area (Å²) < 4.78 is 5.31. The maximum atomic E-state index is 13.4. The van der Waals surface area contributed by atoms with Crippen molar-refractivity contribution in [3.63, 3.8) is 0 Å². The number of nitrogens with one attached hydrogen (secondary N) is 2. The lowest BCUT2D eigenvalue weighted by Gasteiger charge is -2.26. The van der Waals surface area contributed by atoms with Crippen molar-refractivity contribution in [2.45, 2.75) is 39.2 Å². The molecule has 6 heteroatoms. The van der Waals surface area contributed by atoms with Crippen molar-refractivity contribution in [3.05, 3.63) is 114 Å². The van der Waals surface area contributed by atoms with E-state index in [1.807, 2.05) is 37.3 Å². The van der Waals surface area contributed by atoms with Gasteiger partial charge in [-0.15, -0.1) is 0 Å². The Hall–Kier alpha value is -4.71. The fraction of sp³-hybridized carbons (Fsp3) is 0.229. The highest BCUT2D eigenvalue weighted by Crippen LogP contribution is 2.36. The molecule has 2 atom stereocenters. The lowest BCUT2D eigenvalue weighted by atomic mass is 9.89. The number of aromatic hydroxyl groups is 1. The Bertz CT molecular complexity index is 1520. The van der Waals surface area contributed by atoms with Crippen molar-refractivity contribution < 1.29 is 19.7 Å². The van der Waals surface area contributed by atoms with Gasteiger partial charge in [0.2, 0.25) is 0 Å². The molecule has 6 nitrogen and oxygen atoms in total. The van der Waals surface area contributed by atoms with Crippen LogP contribution in [0.3, 0.4) is 0 Å². The molecule has 0 spiro atoms. The predicted molar refractivity (Wildman–Crippen MR) is 168 cm³/mol. The van der Waals surface area contributed by atoms with Crippen LogP contribution in [0.4, 0.5) is 5.69 Å². The monoisotopic (exact) mass is 550 g/mol. The van der Waals surface area contributed by atoms with Crippen molar-refractivity contribution >= 4 is 23.1 Å². The Kier molecular flexibility index (Phi) is 9.35. The quantitative estimate of drug-likeness (QED) is 0.182. The third kappa shape index (κ3) is 6.90. The molecule has 3 aromatic carbocycles. The second-order valence-corrected chi connectivity index (χ2v) is 10.3. The molecule has 1 aliphatic rings. The van der Waals surface area contributed by atoms with E-state index in [4.69, 9.17) is 4.74 Å². The van der Waals surface area contributed by atoms with Crippen LogP contribution in [0.25, 0.3) is 22.6 Å². The SMILES string of the molecule is C=C(O)c1cc(C(=O)NC(CCC)C2C=CC=CC2)ccc1-c1ccc(O)cc1C(=C)Nc1ccc(OC)cc1C. The lowest BCUT2D eigenvalue weighted by molar-refractivity contribution is 0.0924. The van der Waals surface area contributed by atoms with Gasteiger partial charge in [0, 0.05) is 40.0 Å². The van der Waals surface area contributed by atoms with Crippen LogP contribution in [-0.2, 0) is 0 Å². The lowest BCUT2D eigenvalue weighted by Crippen LogP contribution is -2.40. The molecule has 0 aliphatic heterocycles. The van der Waals surface area contributed by atoms with E-state index in [0.717, 1.165) is 36.3 Å². The third-order valence-electron chi connectivity index (χ3n) is 7.38. The number of ether oxygens (including phenoxy) is 1. The third-order valence-corrected chi connectivity index (χ3v) is 7.38. The van der Waals surface area contributed by atoms with Gasteiger partial charge in [-0.1, -0.05) is 62.9 Å². The topological polar surface area (TPSA) is 90.8 Å². The van der Waals surface area contributed by atoms with Crippen LogP contribution in [0.2, 0.25) is 0 Å². The van der Waals surface area contributed by atoms with Crippen molar-refractivity contribution in [2.24, 2.45) is 5.92 Å². The Morgan fingerprint density at radius 3 is 2.46 bits per heavy atom. The Balaban J connectivity index is 1.66. The van der Waals surface area contributed by atoms with Gasteiger partial charge in [-0.3, -0.25) is 4.79 Å². The summed E-state index contributed by atoms with van der Waals surface area (Å²) in [6, 6.07) is 15.9. The van der Waals surface area contributed by atoms with E-state index >= 15 is 0 Å². The first-order valence-corrected chi connectivity index (χ1v) is 13.8. The molecule has 41 heavy (non-hydrogen) atoms. The number of carbonyl (C=O) groups is 1. The molecule has 0 heterocycles. The molecular weight excluding hydrogens is 512 g/mol. The van der Waals surface area contributed by atoms with Gasteiger partial charge in [0.1, 0.15) is 17.3 Å². The van der Waals surface area contributed by atoms with Gasteiger partial charge in [0.05, 0.1) is 7.11 Å². The van der Waals surface area contributed by atoms with E-state index < -0.39 is 0 Å². The van der Waals surface area contributed by atoms with Gasteiger partial charge in [0.25, 0.3) is 5.91 Å². The molecule has 0 saturated carbocycles. The second kappa shape index (κ2) is 13.1. The summed E-state index contributed by atoms with van der Waals surface area (Å²) in [6.07, 6.45) is 11.0. The molecule has 0 saturated heterocycles. The van der Waals surface area contributed by atoms with Crippen LogP contribution in [0.1, 0.15) is 53.2 Å². The van der Waals surface area contributed by atoms with Crippen LogP contribution in [0.15, 0.2) is 92.1 Å². The van der Waals surface area contributed by atoms with Gasteiger partial charge >= 0.3 is 0 Å². The Morgan fingerprint density at radius 2 is 1.80 bits per heavy atom. The van der Waals surface area contributed by atoms with Gasteiger partial charge in [-0.2, -0.15) is 0 Å². The number of hydrogen-bond acceptors (Lipinski definition) is 5. The molecule has 0 bridgehead atoms. The van der Waals surface area contributed by atoms with Crippen LogP contribution in [0.5, 0.6) is 11.5 Å². The number of benzene rings is 3. The number of amides is 1. The fourth-order valence-corrected chi connectivity index (χ4v) is 5.16.